The molecule has 0 spiro atoms. The van der Waals surface area contributed by atoms with Gasteiger partial charge < -0.3 is 19.5 Å². The third-order valence-corrected chi connectivity index (χ3v) is 2.96. The molecule has 19 heavy (non-hydrogen) atoms. The van der Waals surface area contributed by atoms with Crippen LogP contribution in [-0.2, 0) is 4.74 Å². The van der Waals surface area contributed by atoms with Crippen LogP contribution in [0.3, 0.4) is 0 Å². The summed E-state index contributed by atoms with van der Waals surface area (Å²) in [5, 5.41) is 10.1. The number of aliphatic hydroxyl groups excluding tert-OH is 1. The van der Waals surface area contributed by atoms with Crippen LogP contribution in [0.5, 0.6) is 5.75 Å². The summed E-state index contributed by atoms with van der Waals surface area (Å²) in [7, 11) is 0. The lowest BCUT2D eigenvalue weighted by atomic mass is 10.2. The predicted molar refractivity (Wildman–Crippen MR) is 75.9 cm³/mol. The normalized spacial score (nSPS) is 16.7. The number of para-hydroxylation sites is 2. The molecule has 1 aromatic carbocycles. The van der Waals surface area contributed by atoms with Crippen LogP contribution in [0.2, 0.25) is 0 Å². The fraction of sp³-hybridized carbons (Fsp3) is 0.600. The van der Waals surface area contributed by atoms with E-state index in [0.717, 1.165) is 18.0 Å². The first-order valence-electron chi connectivity index (χ1n) is 6.74. The summed E-state index contributed by atoms with van der Waals surface area (Å²) >= 11 is 0. The minimum atomic E-state index is -0.495. The van der Waals surface area contributed by atoms with Crippen molar-refractivity contribution in [1.29, 1.82) is 0 Å². The Bertz CT molecular complexity index is 414. The van der Waals surface area contributed by atoms with Gasteiger partial charge in [0.1, 0.15) is 12.4 Å². The average molecular weight is 265 g/mol. The maximum atomic E-state index is 10.1. The zero-order valence-corrected chi connectivity index (χ0v) is 11.9. The molecule has 106 valence electrons. The number of benzene rings is 1. The highest BCUT2D eigenvalue weighted by molar-refractivity contribution is 5.59. The highest BCUT2D eigenvalue weighted by Crippen LogP contribution is 2.30. The van der Waals surface area contributed by atoms with Crippen LogP contribution in [0.4, 0.5) is 5.69 Å². The Balaban J connectivity index is 1.93. The number of nitrogens with zero attached hydrogens (tertiary/aromatic N) is 1. The summed E-state index contributed by atoms with van der Waals surface area (Å²) in [6, 6.07) is 7.92. The van der Waals surface area contributed by atoms with Crippen molar-refractivity contribution in [3.63, 3.8) is 0 Å². The maximum Gasteiger partial charge on any atom is 0.142 e. The van der Waals surface area contributed by atoms with Crippen molar-refractivity contribution in [3.8, 4) is 5.75 Å². The van der Waals surface area contributed by atoms with E-state index in [1.54, 1.807) is 0 Å². The number of hydrogen-bond donors (Lipinski definition) is 1. The lowest BCUT2D eigenvalue weighted by molar-refractivity contribution is -0.0465. The number of rotatable bonds is 4. The van der Waals surface area contributed by atoms with E-state index < -0.39 is 6.10 Å². The number of aliphatic hydroxyl groups is 1. The first-order valence-corrected chi connectivity index (χ1v) is 6.74. The Morgan fingerprint density at radius 2 is 2.11 bits per heavy atom. The molecular weight excluding hydrogens is 242 g/mol. The van der Waals surface area contributed by atoms with E-state index in [2.05, 4.69) is 4.90 Å². The van der Waals surface area contributed by atoms with Crippen LogP contribution >= 0.6 is 0 Å². The molecule has 0 fully saturated rings. The fourth-order valence-electron chi connectivity index (χ4n) is 2.07. The van der Waals surface area contributed by atoms with E-state index in [1.807, 2.05) is 45.0 Å². The van der Waals surface area contributed by atoms with Gasteiger partial charge in [-0.15, -0.1) is 0 Å². The van der Waals surface area contributed by atoms with Gasteiger partial charge in [-0.1, -0.05) is 12.1 Å². The standard InChI is InChI=1S/C15H23NO3/c1-15(2,3)19-11-12(17)10-16-8-9-18-14-7-5-4-6-13(14)16/h4-7,12,17H,8-11H2,1-3H3. The van der Waals surface area contributed by atoms with Crippen LogP contribution in [-0.4, -0.2) is 43.1 Å². The van der Waals surface area contributed by atoms with E-state index in [-0.39, 0.29) is 5.60 Å². The third-order valence-electron chi connectivity index (χ3n) is 2.96. The SMILES string of the molecule is CC(C)(C)OCC(O)CN1CCOc2ccccc21. The highest BCUT2D eigenvalue weighted by atomic mass is 16.5. The van der Waals surface area contributed by atoms with Crippen LogP contribution in [0.1, 0.15) is 20.8 Å². The molecule has 0 saturated carbocycles. The largest absolute Gasteiger partial charge is 0.490 e. The van der Waals surface area contributed by atoms with Crippen molar-refractivity contribution in [2.45, 2.75) is 32.5 Å². The minimum absolute atomic E-state index is 0.218. The highest BCUT2D eigenvalue weighted by Gasteiger charge is 2.21. The Kier molecular flexibility index (Phi) is 4.32. The predicted octanol–water partition coefficient (Wildman–Crippen LogP) is 2.06. The van der Waals surface area contributed by atoms with Gasteiger partial charge in [0.25, 0.3) is 0 Å². The number of β-amino-alcohol motifs (C(OH)–C–C–N with tert-alkyl or cyclic N) is 1. The molecule has 1 aliphatic rings. The molecular formula is C15H23NO3. The molecule has 0 amide bonds. The van der Waals surface area contributed by atoms with E-state index >= 15 is 0 Å². The van der Waals surface area contributed by atoms with Gasteiger partial charge in [0.05, 0.1) is 30.5 Å². The van der Waals surface area contributed by atoms with Crippen molar-refractivity contribution in [2.75, 3.05) is 31.2 Å². The summed E-state index contributed by atoms with van der Waals surface area (Å²) in [5.41, 5.74) is 0.827. The van der Waals surface area contributed by atoms with Gasteiger partial charge in [-0.25, -0.2) is 0 Å². The van der Waals surface area contributed by atoms with Gasteiger partial charge in [-0.3, -0.25) is 0 Å². The zero-order chi connectivity index (χ0) is 13.9. The molecule has 0 aliphatic carbocycles. The molecule has 0 bridgehead atoms. The summed E-state index contributed by atoms with van der Waals surface area (Å²) < 4.78 is 11.2. The molecule has 2 rings (SSSR count). The topological polar surface area (TPSA) is 41.9 Å². The third kappa shape index (κ3) is 4.11. The Morgan fingerprint density at radius 3 is 2.84 bits per heavy atom. The van der Waals surface area contributed by atoms with Crippen LogP contribution < -0.4 is 9.64 Å². The zero-order valence-electron chi connectivity index (χ0n) is 11.9. The van der Waals surface area contributed by atoms with Crippen molar-refractivity contribution in [1.82, 2.24) is 0 Å². The van der Waals surface area contributed by atoms with Crippen LogP contribution in [0.15, 0.2) is 24.3 Å². The minimum Gasteiger partial charge on any atom is -0.490 e. The fourth-order valence-corrected chi connectivity index (χ4v) is 2.07. The number of hydrogen-bond acceptors (Lipinski definition) is 4. The van der Waals surface area contributed by atoms with Gasteiger partial charge in [-0.2, -0.15) is 0 Å². The maximum absolute atomic E-state index is 10.1. The average Bonchev–Trinajstić information content (AvgIpc) is 2.36. The molecule has 1 heterocycles. The van der Waals surface area contributed by atoms with Crippen molar-refractivity contribution < 1.29 is 14.6 Å². The lowest BCUT2D eigenvalue weighted by Gasteiger charge is -2.33. The number of anilines is 1. The molecule has 0 saturated heterocycles. The summed E-state index contributed by atoms with van der Waals surface area (Å²) in [4.78, 5) is 2.15. The quantitative estimate of drug-likeness (QED) is 0.905. The van der Waals surface area contributed by atoms with Crippen molar-refractivity contribution in [3.05, 3.63) is 24.3 Å². The second-order valence-electron chi connectivity index (χ2n) is 5.84. The van der Waals surface area contributed by atoms with Gasteiger partial charge in [0.2, 0.25) is 0 Å². The molecule has 0 aromatic heterocycles. The van der Waals surface area contributed by atoms with Crippen molar-refractivity contribution >= 4 is 5.69 Å². The Labute approximate surface area is 114 Å². The lowest BCUT2D eigenvalue weighted by Crippen LogP contribution is -2.41. The Morgan fingerprint density at radius 1 is 1.37 bits per heavy atom. The van der Waals surface area contributed by atoms with E-state index in [9.17, 15) is 5.11 Å². The smallest absolute Gasteiger partial charge is 0.142 e. The van der Waals surface area contributed by atoms with E-state index in [4.69, 9.17) is 9.47 Å². The van der Waals surface area contributed by atoms with Gasteiger partial charge in [-0.05, 0) is 32.9 Å². The molecule has 4 nitrogen and oxygen atoms in total. The van der Waals surface area contributed by atoms with Crippen LogP contribution in [0, 0.1) is 0 Å². The first kappa shape index (κ1) is 14.2. The summed E-state index contributed by atoms with van der Waals surface area (Å²) in [5.74, 6) is 0.887. The Hall–Kier alpha value is -1.26. The molecule has 1 atom stereocenters. The first-order chi connectivity index (χ1) is 8.96. The van der Waals surface area contributed by atoms with Gasteiger partial charge in [0.15, 0.2) is 0 Å². The summed E-state index contributed by atoms with van der Waals surface area (Å²) in [6.45, 7) is 8.34. The number of fused-ring (bicyclic) bond motifs is 1. The second kappa shape index (κ2) is 5.80. The molecule has 1 aromatic rings. The van der Waals surface area contributed by atoms with Crippen molar-refractivity contribution in [2.24, 2.45) is 0 Å². The molecule has 1 N–H and O–H groups in total. The summed E-state index contributed by atoms with van der Waals surface area (Å²) in [6.07, 6.45) is -0.495. The second-order valence-corrected chi connectivity index (χ2v) is 5.84. The molecule has 1 aliphatic heterocycles. The van der Waals surface area contributed by atoms with Crippen LogP contribution in [0.25, 0.3) is 0 Å². The number of ether oxygens (including phenoxy) is 2. The molecule has 1 unspecified atom stereocenters. The van der Waals surface area contributed by atoms with E-state index in [1.165, 1.54) is 0 Å². The molecule has 4 heteroatoms. The molecule has 0 radical (unpaired) electrons. The van der Waals surface area contributed by atoms with E-state index in [0.29, 0.717) is 19.8 Å². The van der Waals surface area contributed by atoms with Gasteiger partial charge >= 0.3 is 0 Å². The monoisotopic (exact) mass is 265 g/mol. The van der Waals surface area contributed by atoms with Gasteiger partial charge in [0, 0.05) is 6.54 Å².